The molecular formula is C6H11N5O4S. The molecule has 1 aromatic rings. The fourth-order valence-electron chi connectivity index (χ4n) is 0.981. The van der Waals surface area contributed by atoms with Gasteiger partial charge in [-0.05, 0) is 4.92 Å². The van der Waals surface area contributed by atoms with Gasteiger partial charge in [0.05, 0.1) is 6.26 Å². The molecular weight excluding hydrogens is 238 g/mol. The molecule has 0 aliphatic heterocycles. The summed E-state index contributed by atoms with van der Waals surface area (Å²) >= 11 is 0. The van der Waals surface area contributed by atoms with Crippen LogP contribution in [0.5, 0.6) is 0 Å². The summed E-state index contributed by atoms with van der Waals surface area (Å²) in [6.45, 7) is 0.370. The molecule has 0 radical (unpaired) electrons. The quantitative estimate of drug-likeness (QED) is 0.346. The number of sulfonamides is 1. The van der Waals surface area contributed by atoms with Crippen molar-refractivity contribution in [1.82, 2.24) is 14.9 Å². The van der Waals surface area contributed by atoms with Crippen molar-refractivity contribution in [3.05, 3.63) is 16.3 Å². The maximum atomic E-state index is 10.7. The van der Waals surface area contributed by atoms with E-state index in [2.05, 4.69) is 20.2 Å². The number of aromatic amines is 1. The Labute approximate surface area is 91.4 Å². The van der Waals surface area contributed by atoms with Crippen LogP contribution in [0.25, 0.3) is 0 Å². The van der Waals surface area contributed by atoms with E-state index < -0.39 is 14.9 Å². The van der Waals surface area contributed by atoms with Gasteiger partial charge in [-0.3, -0.25) is 0 Å². The van der Waals surface area contributed by atoms with Crippen LogP contribution in [0, 0.1) is 10.1 Å². The van der Waals surface area contributed by atoms with Crippen LogP contribution < -0.4 is 10.0 Å². The Hall–Kier alpha value is -1.68. The van der Waals surface area contributed by atoms with Crippen molar-refractivity contribution >= 4 is 21.5 Å². The van der Waals surface area contributed by atoms with Crippen molar-refractivity contribution in [3.8, 4) is 0 Å². The fourth-order valence-corrected chi connectivity index (χ4v) is 1.45. The standard InChI is InChI=1S/C6H11N5O4S/c1-16(14,15)9-3-2-7-5-4-8-10-6(5)11(12)13/h4,7,9H,2-3H2,1H3,(H,8,10). The lowest BCUT2D eigenvalue weighted by Gasteiger charge is -2.03. The van der Waals surface area contributed by atoms with Gasteiger partial charge in [0.1, 0.15) is 6.20 Å². The van der Waals surface area contributed by atoms with E-state index >= 15 is 0 Å². The number of nitro groups is 1. The molecule has 0 spiro atoms. The van der Waals surface area contributed by atoms with E-state index in [1.807, 2.05) is 0 Å². The van der Waals surface area contributed by atoms with Crippen molar-refractivity contribution < 1.29 is 13.3 Å². The van der Waals surface area contributed by atoms with Crippen LogP contribution in [0.1, 0.15) is 0 Å². The third kappa shape index (κ3) is 3.82. The Morgan fingerprint density at radius 3 is 2.81 bits per heavy atom. The minimum absolute atomic E-state index is 0.140. The molecule has 10 heteroatoms. The van der Waals surface area contributed by atoms with Crippen molar-refractivity contribution in [1.29, 1.82) is 0 Å². The Morgan fingerprint density at radius 1 is 1.56 bits per heavy atom. The van der Waals surface area contributed by atoms with Crippen LogP contribution in [-0.4, -0.2) is 42.9 Å². The minimum atomic E-state index is -3.24. The lowest BCUT2D eigenvalue weighted by atomic mass is 10.5. The van der Waals surface area contributed by atoms with Crippen LogP contribution in [0.3, 0.4) is 0 Å². The second kappa shape index (κ2) is 4.90. The van der Waals surface area contributed by atoms with Gasteiger partial charge in [0, 0.05) is 13.1 Å². The van der Waals surface area contributed by atoms with E-state index in [0.29, 0.717) is 0 Å². The molecule has 3 N–H and O–H groups in total. The van der Waals surface area contributed by atoms with Gasteiger partial charge >= 0.3 is 5.82 Å². The first-order valence-corrected chi connectivity index (χ1v) is 6.15. The highest BCUT2D eigenvalue weighted by Gasteiger charge is 2.13. The minimum Gasteiger partial charge on any atom is -0.376 e. The first kappa shape index (κ1) is 12.4. The van der Waals surface area contributed by atoms with Crippen LogP contribution in [-0.2, 0) is 10.0 Å². The summed E-state index contributed by atoms with van der Waals surface area (Å²) in [6, 6.07) is 0. The molecule has 0 unspecified atom stereocenters. The molecule has 1 heterocycles. The molecule has 16 heavy (non-hydrogen) atoms. The predicted octanol–water partition coefficient (Wildman–Crippen LogP) is -0.721. The van der Waals surface area contributed by atoms with E-state index in [0.717, 1.165) is 6.26 Å². The van der Waals surface area contributed by atoms with Crippen LogP contribution in [0.15, 0.2) is 6.20 Å². The summed E-state index contributed by atoms with van der Waals surface area (Å²) < 4.78 is 23.6. The normalized spacial score (nSPS) is 11.3. The van der Waals surface area contributed by atoms with Crippen molar-refractivity contribution in [2.24, 2.45) is 0 Å². The van der Waals surface area contributed by atoms with Crippen molar-refractivity contribution in [3.63, 3.8) is 0 Å². The zero-order valence-electron chi connectivity index (χ0n) is 8.43. The second-order valence-corrected chi connectivity index (χ2v) is 4.82. The summed E-state index contributed by atoms with van der Waals surface area (Å²) in [4.78, 5) is 9.85. The number of H-pyrrole nitrogens is 1. The van der Waals surface area contributed by atoms with E-state index in [1.54, 1.807) is 0 Å². The molecule has 0 aliphatic carbocycles. The Balaban J connectivity index is 2.43. The number of nitrogens with one attached hydrogen (secondary N) is 3. The SMILES string of the molecule is CS(=O)(=O)NCCNc1cn[nH]c1[N+](=O)[O-]. The lowest BCUT2D eigenvalue weighted by Crippen LogP contribution is -2.27. The van der Waals surface area contributed by atoms with Gasteiger partial charge in [-0.15, -0.1) is 5.10 Å². The van der Waals surface area contributed by atoms with Crippen molar-refractivity contribution in [2.45, 2.75) is 0 Å². The third-order valence-electron chi connectivity index (χ3n) is 1.61. The molecule has 0 amide bonds. The van der Waals surface area contributed by atoms with Gasteiger partial charge in [0.15, 0.2) is 5.69 Å². The van der Waals surface area contributed by atoms with E-state index in [-0.39, 0.29) is 24.6 Å². The third-order valence-corrected chi connectivity index (χ3v) is 2.33. The smallest absolute Gasteiger partial charge is 0.366 e. The largest absolute Gasteiger partial charge is 0.376 e. The van der Waals surface area contributed by atoms with Gasteiger partial charge in [-0.1, -0.05) is 5.10 Å². The van der Waals surface area contributed by atoms with Gasteiger partial charge < -0.3 is 15.4 Å². The molecule has 0 fully saturated rings. The number of anilines is 1. The summed E-state index contributed by atoms with van der Waals surface area (Å²) in [5.74, 6) is -0.251. The highest BCUT2D eigenvalue weighted by molar-refractivity contribution is 7.88. The van der Waals surface area contributed by atoms with Crippen LogP contribution in [0.4, 0.5) is 11.5 Å². The van der Waals surface area contributed by atoms with Gasteiger partial charge in [0.25, 0.3) is 0 Å². The van der Waals surface area contributed by atoms with E-state index in [4.69, 9.17) is 0 Å². The topological polar surface area (TPSA) is 130 Å². The highest BCUT2D eigenvalue weighted by atomic mass is 32.2. The average molecular weight is 249 g/mol. The molecule has 1 rings (SSSR count). The van der Waals surface area contributed by atoms with Crippen LogP contribution in [0.2, 0.25) is 0 Å². The number of nitrogens with zero attached hydrogens (tertiary/aromatic N) is 2. The van der Waals surface area contributed by atoms with Gasteiger partial charge in [-0.2, -0.15) is 0 Å². The average Bonchev–Trinajstić information content (AvgIpc) is 2.58. The first-order valence-electron chi connectivity index (χ1n) is 4.26. The van der Waals surface area contributed by atoms with Gasteiger partial charge in [0.2, 0.25) is 10.0 Å². The molecule has 0 aliphatic rings. The monoisotopic (exact) mass is 249 g/mol. The molecule has 0 atom stereocenters. The molecule has 1 aromatic heterocycles. The van der Waals surface area contributed by atoms with Crippen molar-refractivity contribution in [2.75, 3.05) is 24.7 Å². The number of hydrogen-bond acceptors (Lipinski definition) is 6. The molecule has 90 valence electrons. The second-order valence-electron chi connectivity index (χ2n) is 2.98. The number of aromatic nitrogens is 2. The van der Waals surface area contributed by atoms with E-state index in [9.17, 15) is 18.5 Å². The molecule has 0 saturated carbocycles. The molecule has 9 nitrogen and oxygen atoms in total. The summed E-state index contributed by atoms with van der Waals surface area (Å²) in [5, 5.41) is 18.9. The Bertz CT molecular complexity index is 467. The highest BCUT2D eigenvalue weighted by Crippen LogP contribution is 2.18. The summed E-state index contributed by atoms with van der Waals surface area (Å²) in [7, 11) is -3.24. The summed E-state index contributed by atoms with van der Waals surface area (Å²) in [6.07, 6.45) is 2.30. The summed E-state index contributed by atoms with van der Waals surface area (Å²) in [5.41, 5.74) is 0.223. The van der Waals surface area contributed by atoms with Crippen LogP contribution >= 0.6 is 0 Å². The Kier molecular flexibility index (Phi) is 3.79. The molecule has 0 saturated heterocycles. The Morgan fingerprint density at radius 2 is 2.25 bits per heavy atom. The number of rotatable bonds is 6. The maximum Gasteiger partial charge on any atom is 0.366 e. The lowest BCUT2D eigenvalue weighted by molar-refractivity contribution is -0.388. The zero-order chi connectivity index (χ0) is 12.2. The van der Waals surface area contributed by atoms with E-state index in [1.165, 1.54) is 6.20 Å². The predicted molar refractivity (Wildman–Crippen MR) is 56.6 cm³/mol. The molecule has 0 aromatic carbocycles. The fraction of sp³-hybridized carbons (Fsp3) is 0.500. The number of hydrogen-bond donors (Lipinski definition) is 3. The maximum absolute atomic E-state index is 10.7. The first-order chi connectivity index (χ1) is 7.40. The van der Waals surface area contributed by atoms with Gasteiger partial charge in [-0.25, -0.2) is 13.1 Å². The molecule has 0 bridgehead atoms. The zero-order valence-corrected chi connectivity index (χ0v) is 9.24.